The van der Waals surface area contributed by atoms with Crippen LogP contribution in [0, 0.1) is 0 Å². The number of unbranched alkanes of at least 4 members (excludes halogenated alkanes) is 37. The number of ether oxygens (including phenoxy) is 5. The summed E-state index contributed by atoms with van der Waals surface area (Å²) in [5.74, 6) is -3.09. The summed E-state index contributed by atoms with van der Waals surface area (Å²) < 4.78 is 28.5. The van der Waals surface area contributed by atoms with E-state index in [4.69, 9.17) is 23.7 Å². The summed E-state index contributed by atoms with van der Waals surface area (Å²) in [7, 11) is 0. The van der Waals surface area contributed by atoms with Crippen LogP contribution >= 0.6 is 0 Å². The topological polar surface area (TPSA) is 175 Å². The maximum Gasteiger partial charge on any atom is 0.335 e. The molecule has 0 radical (unpaired) electrons. The van der Waals surface area contributed by atoms with Gasteiger partial charge in [-0.3, -0.25) is 14.4 Å². The Morgan fingerprint density at radius 1 is 0.438 bits per heavy atom. The highest BCUT2D eigenvalue weighted by molar-refractivity contribution is 5.74. The van der Waals surface area contributed by atoms with Gasteiger partial charge in [0.1, 0.15) is 18.8 Å². The van der Waals surface area contributed by atoms with Crippen LogP contribution in [0.4, 0.5) is 0 Å². The number of esters is 3. The van der Waals surface area contributed by atoms with Crippen LogP contribution < -0.4 is 0 Å². The molecule has 12 nitrogen and oxygen atoms in total. The number of hydrogen-bond donors (Lipinski definition) is 3. The zero-order valence-electron chi connectivity index (χ0n) is 47.2. The second-order valence-corrected chi connectivity index (χ2v) is 21.4. The molecular weight excluding hydrogens is 925 g/mol. The van der Waals surface area contributed by atoms with Gasteiger partial charge in [-0.05, 0) is 44.9 Å². The lowest BCUT2D eigenvalue weighted by Gasteiger charge is -2.40. The SMILES string of the molecule is CCCCCC/C=C\CCCCCCCC(=O)OCC(COC1OC(C(=O)O)C(O)C(O)C1OC(=O)CCCCCCCCCCCCCCCCCCC)OC(=O)CCCCCCCCCCCCCCC. The third-order valence-electron chi connectivity index (χ3n) is 14.3. The van der Waals surface area contributed by atoms with Gasteiger partial charge in [-0.1, -0.05) is 251 Å². The predicted molar refractivity (Wildman–Crippen MR) is 294 cm³/mol. The molecule has 1 saturated heterocycles. The first-order chi connectivity index (χ1) is 35.6. The molecule has 1 heterocycles. The first-order valence-electron chi connectivity index (χ1n) is 30.7. The van der Waals surface area contributed by atoms with E-state index in [2.05, 4.69) is 32.9 Å². The first-order valence-corrected chi connectivity index (χ1v) is 30.7. The second-order valence-electron chi connectivity index (χ2n) is 21.4. The van der Waals surface area contributed by atoms with Crippen molar-refractivity contribution in [2.24, 2.45) is 0 Å². The molecule has 6 atom stereocenters. The first kappa shape index (κ1) is 68.5. The van der Waals surface area contributed by atoms with E-state index in [-0.39, 0.29) is 25.9 Å². The summed E-state index contributed by atoms with van der Waals surface area (Å²) in [6, 6.07) is 0. The van der Waals surface area contributed by atoms with Crippen LogP contribution in [0.25, 0.3) is 0 Å². The minimum atomic E-state index is -1.90. The molecule has 428 valence electrons. The van der Waals surface area contributed by atoms with Crippen LogP contribution in [0.5, 0.6) is 0 Å². The number of hydrogen-bond acceptors (Lipinski definition) is 11. The lowest BCUT2D eigenvalue weighted by atomic mass is 9.98. The average Bonchev–Trinajstić information content (AvgIpc) is 3.37. The van der Waals surface area contributed by atoms with Crippen molar-refractivity contribution in [3.05, 3.63) is 12.2 Å². The van der Waals surface area contributed by atoms with Gasteiger partial charge in [0.15, 0.2) is 24.6 Å². The van der Waals surface area contributed by atoms with E-state index in [1.165, 1.54) is 167 Å². The number of carboxylic acids is 1. The largest absolute Gasteiger partial charge is 0.479 e. The highest BCUT2D eigenvalue weighted by atomic mass is 16.7. The molecule has 0 bridgehead atoms. The molecule has 0 aromatic rings. The number of rotatable bonds is 53. The Kier molecular flexibility index (Phi) is 47.2. The van der Waals surface area contributed by atoms with Gasteiger partial charge in [-0.25, -0.2) is 4.79 Å². The van der Waals surface area contributed by atoms with Gasteiger partial charge in [0.2, 0.25) is 0 Å². The molecule has 1 aliphatic rings. The van der Waals surface area contributed by atoms with Gasteiger partial charge in [0.25, 0.3) is 0 Å². The van der Waals surface area contributed by atoms with Crippen molar-refractivity contribution in [3.8, 4) is 0 Å². The maximum absolute atomic E-state index is 13.1. The summed E-state index contributed by atoms with van der Waals surface area (Å²) in [5.41, 5.74) is 0. The monoisotopic (exact) mass is 1040 g/mol. The van der Waals surface area contributed by atoms with Crippen LogP contribution in [-0.2, 0) is 42.9 Å². The van der Waals surface area contributed by atoms with Gasteiger partial charge in [0, 0.05) is 19.3 Å². The molecule has 1 fully saturated rings. The van der Waals surface area contributed by atoms with Gasteiger partial charge < -0.3 is 39.0 Å². The molecule has 6 unspecified atom stereocenters. The molecule has 0 aromatic carbocycles. The number of aliphatic carboxylic acids is 1. The number of carboxylic acid groups (broad SMARTS) is 1. The molecule has 1 rings (SSSR count). The van der Waals surface area contributed by atoms with Crippen LogP contribution in [0.15, 0.2) is 12.2 Å². The highest BCUT2D eigenvalue weighted by Crippen LogP contribution is 2.27. The van der Waals surface area contributed by atoms with Crippen LogP contribution in [-0.4, -0.2) is 89.2 Å². The molecule has 0 saturated carbocycles. The van der Waals surface area contributed by atoms with Crippen LogP contribution in [0.3, 0.4) is 0 Å². The lowest BCUT2D eigenvalue weighted by Crippen LogP contribution is -2.61. The average molecular weight is 1040 g/mol. The Labute approximate surface area is 446 Å². The zero-order chi connectivity index (χ0) is 53.3. The molecule has 73 heavy (non-hydrogen) atoms. The van der Waals surface area contributed by atoms with Crippen LogP contribution in [0.2, 0.25) is 0 Å². The summed E-state index contributed by atoms with van der Waals surface area (Å²) in [6.07, 6.45) is 43.2. The van der Waals surface area contributed by atoms with Gasteiger partial charge in [0.05, 0.1) is 6.61 Å². The van der Waals surface area contributed by atoms with E-state index >= 15 is 0 Å². The van der Waals surface area contributed by atoms with Crippen molar-refractivity contribution >= 4 is 23.9 Å². The second kappa shape index (κ2) is 50.3. The normalized spacial score (nSPS) is 18.3. The van der Waals surface area contributed by atoms with Crippen LogP contribution in [0.1, 0.15) is 303 Å². The number of allylic oxidation sites excluding steroid dienone is 2. The van der Waals surface area contributed by atoms with E-state index in [1.807, 2.05) is 0 Å². The Morgan fingerprint density at radius 3 is 1.18 bits per heavy atom. The molecule has 12 heteroatoms. The maximum atomic E-state index is 13.1. The highest BCUT2D eigenvalue weighted by Gasteiger charge is 2.50. The summed E-state index contributed by atoms with van der Waals surface area (Å²) >= 11 is 0. The zero-order valence-corrected chi connectivity index (χ0v) is 47.2. The van der Waals surface area contributed by atoms with E-state index < -0.39 is 67.3 Å². The van der Waals surface area contributed by atoms with Crippen molar-refractivity contribution in [1.29, 1.82) is 0 Å². The fourth-order valence-electron chi connectivity index (χ4n) is 9.60. The number of aliphatic hydroxyl groups is 2. The quantitative estimate of drug-likeness (QED) is 0.0228. The molecule has 0 aliphatic carbocycles. The number of carbonyl (C=O) groups is 4. The van der Waals surface area contributed by atoms with Crippen molar-refractivity contribution in [2.75, 3.05) is 13.2 Å². The van der Waals surface area contributed by atoms with E-state index in [0.717, 1.165) is 77.0 Å². The van der Waals surface area contributed by atoms with Gasteiger partial charge in [-0.15, -0.1) is 0 Å². The van der Waals surface area contributed by atoms with Crippen molar-refractivity contribution in [1.82, 2.24) is 0 Å². The number of carbonyl (C=O) groups excluding carboxylic acids is 3. The Morgan fingerprint density at radius 2 is 0.781 bits per heavy atom. The molecule has 0 aromatic heterocycles. The minimum absolute atomic E-state index is 0.0684. The fourth-order valence-corrected chi connectivity index (χ4v) is 9.60. The van der Waals surface area contributed by atoms with Crippen molar-refractivity contribution < 1.29 is 58.2 Å². The summed E-state index contributed by atoms with van der Waals surface area (Å²) in [6.45, 7) is 6.01. The standard InChI is InChI=1S/C61H112O12/c1-4-7-10-13-16-19-22-25-26-27-28-31-34-37-40-43-46-49-55(64)72-59-57(66)56(65)58(60(67)68)73-61(59)70-51-52(71-54(63)48-45-42-39-36-33-30-24-21-18-15-12-9-6-3)50-69-53(62)47-44-41-38-35-32-29-23-20-17-14-11-8-5-2/h20,23,52,56-59,61,65-66H,4-19,21-22,24-51H2,1-3H3,(H,67,68)/b23-20-. The van der Waals surface area contributed by atoms with Gasteiger partial charge >= 0.3 is 23.9 Å². The molecule has 3 N–H and O–H groups in total. The Balaban J connectivity index is 2.65. The molecule has 1 aliphatic heterocycles. The van der Waals surface area contributed by atoms with Gasteiger partial charge in [-0.2, -0.15) is 0 Å². The van der Waals surface area contributed by atoms with Crippen molar-refractivity contribution in [2.45, 2.75) is 340 Å². The number of aliphatic hydroxyl groups excluding tert-OH is 2. The Bertz CT molecular complexity index is 1320. The molecule has 0 spiro atoms. The molecular formula is C61H112O12. The van der Waals surface area contributed by atoms with E-state index in [0.29, 0.717) is 19.3 Å². The summed E-state index contributed by atoms with van der Waals surface area (Å²) in [4.78, 5) is 51.1. The lowest BCUT2D eigenvalue weighted by molar-refractivity contribution is -0.301. The molecule has 0 amide bonds. The summed E-state index contributed by atoms with van der Waals surface area (Å²) in [5, 5.41) is 31.5. The van der Waals surface area contributed by atoms with Crippen molar-refractivity contribution in [3.63, 3.8) is 0 Å². The smallest absolute Gasteiger partial charge is 0.335 e. The van der Waals surface area contributed by atoms with E-state index in [9.17, 15) is 34.5 Å². The third-order valence-corrected chi connectivity index (χ3v) is 14.3. The Hall–Kier alpha value is -2.54. The van der Waals surface area contributed by atoms with E-state index in [1.54, 1.807) is 0 Å². The minimum Gasteiger partial charge on any atom is -0.479 e. The fraction of sp³-hybridized carbons (Fsp3) is 0.902. The third kappa shape index (κ3) is 40.4. The predicted octanol–water partition coefficient (Wildman–Crippen LogP) is 15.7.